The minimum absolute atomic E-state index is 0.0247. The summed E-state index contributed by atoms with van der Waals surface area (Å²) in [6, 6.07) is 0. The molecule has 0 bridgehead atoms. The molecule has 1 saturated heterocycles. The third-order valence-electron chi connectivity index (χ3n) is 5.35. The number of hydrogen-bond acceptors (Lipinski definition) is 7. The number of imide groups is 1. The molecule has 0 aliphatic carbocycles. The molecule has 1 aliphatic heterocycles. The van der Waals surface area contributed by atoms with Gasteiger partial charge in [0, 0.05) is 53.1 Å². The zero-order valence-corrected chi connectivity index (χ0v) is 21.2. The second-order valence-electron chi connectivity index (χ2n) is 8.17. The number of likely N-dealkylation sites (tertiary alicyclic amines) is 1. The van der Waals surface area contributed by atoms with Crippen molar-refractivity contribution < 1.29 is 30.1 Å². The number of nitrogens with zero attached hydrogens (tertiary/aromatic N) is 1. The number of carbonyl (C=O) groups excluding carboxylic acids is 5. The summed E-state index contributed by atoms with van der Waals surface area (Å²) in [7, 11) is 0. The fourth-order valence-electron chi connectivity index (χ4n) is 3.31. The number of carbonyl (C=O) groups is 5. The van der Waals surface area contributed by atoms with Gasteiger partial charge in [-0.05, 0) is 18.6 Å². The maximum absolute atomic E-state index is 12.5. The van der Waals surface area contributed by atoms with Gasteiger partial charge in [0.05, 0.1) is 18.5 Å². The zero-order chi connectivity index (χ0) is 25.9. The first-order valence-corrected chi connectivity index (χ1v) is 13.3. The number of unbranched alkanes of at least 4 members (excludes halogenated alkanes) is 3. The highest BCUT2D eigenvalue weighted by molar-refractivity contribution is 8.00. The summed E-state index contributed by atoms with van der Waals surface area (Å²) in [6.07, 6.45) is 5.89. The van der Waals surface area contributed by atoms with Gasteiger partial charge in [0.2, 0.25) is 23.6 Å². The molecule has 9 nitrogen and oxygen atoms in total. The normalized spacial score (nSPS) is 16.0. The molecule has 0 radical (unpaired) electrons. The lowest BCUT2D eigenvalue weighted by Gasteiger charge is -2.14. The first-order chi connectivity index (χ1) is 16.9. The number of ketones is 1. The summed E-state index contributed by atoms with van der Waals surface area (Å²) in [5.74, 6) is 0.169. The summed E-state index contributed by atoms with van der Waals surface area (Å²) in [5.41, 5.74) is 0. The van der Waals surface area contributed by atoms with E-state index >= 15 is 0 Å². The zero-order valence-electron chi connectivity index (χ0n) is 21.4. The van der Waals surface area contributed by atoms with Crippen molar-refractivity contribution in [3.8, 4) is 0 Å². The van der Waals surface area contributed by atoms with E-state index in [1.807, 2.05) is 0 Å². The Hall–Kier alpha value is -1.94. The predicted molar refractivity (Wildman–Crippen MR) is 132 cm³/mol. The van der Waals surface area contributed by atoms with E-state index < -0.39 is 0 Å². The topological polar surface area (TPSA) is 122 Å². The van der Waals surface area contributed by atoms with Crippen molar-refractivity contribution in [2.45, 2.75) is 83.3 Å². The summed E-state index contributed by atoms with van der Waals surface area (Å²) in [6.45, 7) is 3.63. The fraction of sp³-hybridized carbons (Fsp3) is 0.792. The summed E-state index contributed by atoms with van der Waals surface area (Å²) >= 11 is 1.51. The van der Waals surface area contributed by atoms with Gasteiger partial charge in [-0.2, -0.15) is 0 Å². The SMILES string of the molecule is [2H]CCCCCCSC1CC(=O)N(CCC(=O)NCCOCCC(=O)CCCNC(=O)CC)C1=O. The van der Waals surface area contributed by atoms with Gasteiger partial charge in [0.25, 0.3) is 0 Å². The Morgan fingerprint density at radius 1 is 1.03 bits per heavy atom. The van der Waals surface area contributed by atoms with Crippen molar-refractivity contribution in [3.05, 3.63) is 0 Å². The van der Waals surface area contributed by atoms with Crippen LogP contribution in [0, 0.1) is 0 Å². The molecule has 0 aromatic carbocycles. The Bertz CT molecular complexity index is 694. The van der Waals surface area contributed by atoms with Crippen LogP contribution in [-0.2, 0) is 28.7 Å². The largest absolute Gasteiger partial charge is 0.379 e. The van der Waals surface area contributed by atoms with Gasteiger partial charge in [0.1, 0.15) is 5.78 Å². The fourth-order valence-corrected chi connectivity index (χ4v) is 4.50. The second-order valence-corrected chi connectivity index (χ2v) is 9.48. The van der Waals surface area contributed by atoms with E-state index in [2.05, 4.69) is 10.6 Å². The molecule has 0 saturated carbocycles. The third-order valence-corrected chi connectivity index (χ3v) is 6.64. The molecule has 1 rings (SSSR count). The maximum Gasteiger partial charge on any atom is 0.242 e. The Balaban J connectivity index is 2.06. The molecule has 2 N–H and O–H groups in total. The minimum Gasteiger partial charge on any atom is -0.379 e. The van der Waals surface area contributed by atoms with Crippen molar-refractivity contribution in [2.75, 3.05) is 38.6 Å². The molecular weight excluding hydrogens is 458 g/mol. The van der Waals surface area contributed by atoms with E-state index in [-0.39, 0.29) is 73.8 Å². The van der Waals surface area contributed by atoms with Crippen LogP contribution in [0.5, 0.6) is 0 Å². The molecule has 4 amide bonds. The van der Waals surface area contributed by atoms with Crippen LogP contribution in [0.2, 0.25) is 0 Å². The van der Waals surface area contributed by atoms with Crippen LogP contribution in [0.1, 0.15) is 79.4 Å². The highest BCUT2D eigenvalue weighted by Gasteiger charge is 2.38. The second kappa shape index (κ2) is 18.4. The molecule has 1 heterocycles. The molecule has 0 aromatic rings. The van der Waals surface area contributed by atoms with Gasteiger partial charge >= 0.3 is 0 Å². The molecular formula is C24H41N3O6S. The van der Waals surface area contributed by atoms with E-state index in [0.29, 0.717) is 39.1 Å². The quantitative estimate of drug-likeness (QED) is 0.194. The molecule has 0 spiro atoms. The van der Waals surface area contributed by atoms with E-state index in [9.17, 15) is 24.0 Å². The molecule has 1 fully saturated rings. The predicted octanol–water partition coefficient (Wildman–Crippen LogP) is 2.22. The lowest BCUT2D eigenvalue weighted by molar-refractivity contribution is -0.138. The number of Topliss-reactive ketones (excluding diaryl/α,β-unsaturated/α-hetero) is 1. The van der Waals surface area contributed by atoms with Crippen molar-refractivity contribution in [3.63, 3.8) is 0 Å². The Morgan fingerprint density at radius 3 is 2.59 bits per heavy atom. The maximum atomic E-state index is 12.5. The van der Waals surface area contributed by atoms with Gasteiger partial charge in [-0.15, -0.1) is 11.8 Å². The standard InChI is InChI=1S/C24H41N3O6S/c1-3-5-6-7-17-34-20-18-23(31)27(24(20)32)14-10-22(30)26-13-16-33-15-11-19(28)9-8-12-25-21(29)4-2/h20H,3-18H2,1-2H3,(H,25,29)(H,26,30)/i1D. The molecule has 1 atom stereocenters. The molecule has 1 unspecified atom stereocenters. The number of amides is 4. The van der Waals surface area contributed by atoms with Crippen molar-refractivity contribution in [1.29, 1.82) is 0 Å². The van der Waals surface area contributed by atoms with Crippen LogP contribution in [-0.4, -0.2) is 78.2 Å². The van der Waals surface area contributed by atoms with Crippen LogP contribution in [0.4, 0.5) is 0 Å². The summed E-state index contributed by atoms with van der Waals surface area (Å²) < 4.78 is 12.5. The third kappa shape index (κ3) is 13.1. The van der Waals surface area contributed by atoms with Gasteiger partial charge in [0.15, 0.2) is 0 Å². The molecule has 1 aliphatic rings. The number of thioether (sulfide) groups is 1. The van der Waals surface area contributed by atoms with E-state index in [4.69, 9.17) is 6.11 Å². The lowest BCUT2D eigenvalue weighted by atomic mass is 10.2. The highest BCUT2D eigenvalue weighted by atomic mass is 32.2. The van der Waals surface area contributed by atoms with Crippen LogP contribution in [0.15, 0.2) is 0 Å². The van der Waals surface area contributed by atoms with Gasteiger partial charge in [-0.1, -0.05) is 33.1 Å². The minimum atomic E-state index is -0.354. The van der Waals surface area contributed by atoms with E-state index in [0.717, 1.165) is 31.4 Å². The van der Waals surface area contributed by atoms with Crippen molar-refractivity contribution in [1.82, 2.24) is 15.5 Å². The molecule has 0 aromatic heterocycles. The summed E-state index contributed by atoms with van der Waals surface area (Å²) in [4.78, 5) is 60.7. The van der Waals surface area contributed by atoms with Gasteiger partial charge in [-0.3, -0.25) is 28.9 Å². The van der Waals surface area contributed by atoms with Crippen LogP contribution < -0.4 is 10.6 Å². The first kappa shape index (κ1) is 28.3. The van der Waals surface area contributed by atoms with Crippen LogP contribution in [0.25, 0.3) is 0 Å². The highest BCUT2D eigenvalue weighted by Crippen LogP contribution is 2.26. The Morgan fingerprint density at radius 2 is 1.82 bits per heavy atom. The van der Waals surface area contributed by atoms with Crippen LogP contribution >= 0.6 is 11.8 Å². The van der Waals surface area contributed by atoms with E-state index in [1.54, 1.807) is 6.92 Å². The number of hydrogen-bond donors (Lipinski definition) is 2. The van der Waals surface area contributed by atoms with E-state index in [1.165, 1.54) is 16.7 Å². The smallest absolute Gasteiger partial charge is 0.242 e. The lowest BCUT2D eigenvalue weighted by Crippen LogP contribution is -2.36. The average molecular weight is 501 g/mol. The number of rotatable bonds is 20. The average Bonchev–Trinajstić information content (AvgIpc) is 3.11. The number of ether oxygens (including phenoxy) is 1. The van der Waals surface area contributed by atoms with Crippen LogP contribution in [0.3, 0.4) is 0 Å². The Kier molecular flexibility index (Phi) is 15.3. The molecule has 194 valence electrons. The van der Waals surface area contributed by atoms with Crippen molar-refractivity contribution >= 4 is 41.2 Å². The van der Waals surface area contributed by atoms with Crippen molar-refractivity contribution in [2.24, 2.45) is 0 Å². The number of nitrogens with one attached hydrogen (secondary N) is 2. The van der Waals surface area contributed by atoms with Gasteiger partial charge in [-0.25, -0.2) is 0 Å². The monoisotopic (exact) mass is 500 g/mol. The Labute approximate surface area is 208 Å². The van der Waals surface area contributed by atoms with Gasteiger partial charge < -0.3 is 15.4 Å². The molecule has 34 heavy (non-hydrogen) atoms. The summed E-state index contributed by atoms with van der Waals surface area (Å²) in [5, 5.41) is 5.07. The molecule has 10 heteroatoms. The first-order valence-electron chi connectivity index (χ1n) is 13.0.